The first-order chi connectivity index (χ1) is 12.7. The van der Waals surface area contributed by atoms with Crippen molar-refractivity contribution in [1.29, 1.82) is 0 Å². The second-order valence-electron chi connectivity index (χ2n) is 7.19. The van der Waals surface area contributed by atoms with Gasteiger partial charge in [-0.1, -0.05) is 13.8 Å². The summed E-state index contributed by atoms with van der Waals surface area (Å²) in [5, 5.41) is 6.76. The third-order valence-corrected chi connectivity index (χ3v) is 4.74. The fourth-order valence-electron chi connectivity index (χ4n) is 3.30. The third kappa shape index (κ3) is 9.30. The summed E-state index contributed by atoms with van der Waals surface area (Å²) in [4.78, 5) is 7.43. The zero-order valence-electron chi connectivity index (χ0n) is 17.1. The largest absolute Gasteiger partial charge is 0.467 e. The molecule has 2 N–H and O–H groups in total. The van der Waals surface area contributed by atoms with Crippen LogP contribution >= 0.6 is 24.0 Å². The van der Waals surface area contributed by atoms with E-state index in [0.717, 1.165) is 37.8 Å². The van der Waals surface area contributed by atoms with Gasteiger partial charge in [-0.05, 0) is 57.3 Å². The molecule has 0 saturated carbocycles. The Morgan fingerprint density at radius 2 is 2.07 bits per heavy atom. The molecule has 0 bridgehead atoms. The Bertz CT molecular complexity index is 502. The Morgan fingerprint density at radius 1 is 1.30 bits per heavy atom. The molecule has 0 amide bonds. The van der Waals surface area contributed by atoms with Crippen molar-refractivity contribution >= 4 is 29.9 Å². The van der Waals surface area contributed by atoms with E-state index >= 15 is 0 Å². The number of nitrogens with zero attached hydrogens (tertiary/aromatic N) is 2. The molecule has 0 spiro atoms. The summed E-state index contributed by atoms with van der Waals surface area (Å²) in [7, 11) is 0. The Kier molecular flexibility index (Phi) is 12.8. The van der Waals surface area contributed by atoms with E-state index in [1.54, 1.807) is 6.26 Å². The van der Waals surface area contributed by atoms with Gasteiger partial charge in [-0.15, -0.1) is 24.0 Å². The van der Waals surface area contributed by atoms with Gasteiger partial charge in [0.1, 0.15) is 12.4 Å². The number of hydrogen-bond donors (Lipinski definition) is 2. The molecule has 2 rings (SSSR count). The van der Waals surface area contributed by atoms with Crippen molar-refractivity contribution < 1.29 is 9.15 Å². The lowest BCUT2D eigenvalue weighted by Crippen LogP contribution is -2.42. The zero-order valence-corrected chi connectivity index (χ0v) is 19.4. The number of likely N-dealkylation sites (tertiary alicyclic amines) is 1. The van der Waals surface area contributed by atoms with E-state index in [2.05, 4.69) is 36.3 Å². The molecule has 1 aliphatic heterocycles. The summed E-state index contributed by atoms with van der Waals surface area (Å²) in [5.74, 6) is 2.40. The number of aliphatic imine (C=N–C) groups is 1. The molecular weight excluding hydrogens is 455 g/mol. The van der Waals surface area contributed by atoms with Gasteiger partial charge < -0.3 is 19.8 Å². The molecule has 1 aromatic rings. The molecule has 1 unspecified atom stereocenters. The van der Waals surface area contributed by atoms with Crippen LogP contribution in [0.15, 0.2) is 27.8 Å². The lowest BCUT2D eigenvalue weighted by molar-refractivity contribution is 0.105. The molecule has 1 saturated heterocycles. The smallest absolute Gasteiger partial charge is 0.191 e. The lowest BCUT2D eigenvalue weighted by Gasteiger charge is -2.29. The third-order valence-electron chi connectivity index (χ3n) is 4.74. The second-order valence-corrected chi connectivity index (χ2v) is 7.19. The van der Waals surface area contributed by atoms with Crippen molar-refractivity contribution in [3.8, 4) is 0 Å². The summed E-state index contributed by atoms with van der Waals surface area (Å²) >= 11 is 0. The van der Waals surface area contributed by atoms with Crippen LogP contribution in [-0.4, -0.2) is 56.2 Å². The highest BCUT2D eigenvalue weighted by Crippen LogP contribution is 2.17. The summed E-state index contributed by atoms with van der Waals surface area (Å²) in [6, 6.07) is 4.34. The van der Waals surface area contributed by atoms with Crippen LogP contribution in [0.4, 0.5) is 0 Å². The summed E-state index contributed by atoms with van der Waals surface area (Å²) in [5.41, 5.74) is 0. The number of nitrogens with one attached hydrogen (secondary N) is 2. The molecule has 1 fully saturated rings. The van der Waals surface area contributed by atoms with Gasteiger partial charge in [0.25, 0.3) is 0 Å². The van der Waals surface area contributed by atoms with Crippen molar-refractivity contribution in [2.75, 3.05) is 39.3 Å². The number of ether oxygens (including phenoxy) is 1. The molecule has 6 nitrogen and oxygen atoms in total. The Labute approximate surface area is 181 Å². The molecule has 0 aromatic carbocycles. The van der Waals surface area contributed by atoms with Crippen molar-refractivity contribution in [2.45, 2.75) is 52.7 Å². The van der Waals surface area contributed by atoms with Crippen LogP contribution in [0.2, 0.25) is 0 Å². The van der Waals surface area contributed by atoms with Crippen LogP contribution in [0, 0.1) is 5.92 Å². The number of halogens is 1. The molecule has 27 heavy (non-hydrogen) atoms. The quantitative estimate of drug-likeness (QED) is 0.214. The topological polar surface area (TPSA) is 62.0 Å². The van der Waals surface area contributed by atoms with Crippen molar-refractivity contribution in [3.05, 3.63) is 24.2 Å². The van der Waals surface area contributed by atoms with Crippen molar-refractivity contribution in [3.63, 3.8) is 0 Å². The predicted molar refractivity (Wildman–Crippen MR) is 122 cm³/mol. The minimum absolute atomic E-state index is 0. The average molecular weight is 492 g/mol. The zero-order chi connectivity index (χ0) is 18.6. The first-order valence-corrected chi connectivity index (χ1v) is 10.1. The Balaban J connectivity index is 0.00000364. The monoisotopic (exact) mass is 492 g/mol. The standard InChI is InChI=1S/C20H36N4O2.HI/c1-4-21-20(22-10-8-13-25-16-18-9-7-14-26-18)23-15-19(17(2)3)24-11-5-6-12-24;/h7,9,14,17,19H,4-6,8,10-13,15-16H2,1-3H3,(H2,21,22,23);1H. The maximum absolute atomic E-state index is 5.62. The molecule has 1 aromatic heterocycles. The number of rotatable bonds is 11. The van der Waals surface area contributed by atoms with Crippen LogP contribution in [0.5, 0.6) is 0 Å². The Morgan fingerprint density at radius 3 is 2.70 bits per heavy atom. The fraction of sp³-hybridized carbons (Fsp3) is 0.750. The van der Waals surface area contributed by atoms with Gasteiger partial charge in [-0.2, -0.15) is 0 Å². The highest BCUT2D eigenvalue weighted by molar-refractivity contribution is 14.0. The van der Waals surface area contributed by atoms with Crippen LogP contribution in [0.1, 0.15) is 45.8 Å². The average Bonchev–Trinajstić information content (AvgIpc) is 3.31. The van der Waals surface area contributed by atoms with Gasteiger partial charge in [0.05, 0.1) is 12.8 Å². The molecule has 156 valence electrons. The van der Waals surface area contributed by atoms with E-state index in [9.17, 15) is 0 Å². The van der Waals surface area contributed by atoms with Crippen LogP contribution in [-0.2, 0) is 11.3 Å². The van der Waals surface area contributed by atoms with E-state index in [1.165, 1.54) is 25.9 Å². The van der Waals surface area contributed by atoms with Gasteiger partial charge in [0, 0.05) is 25.7 Å². The predicted octanol–water partition coefficient (Wildman–Crippen LogP) is 3.48. The SMILES string of the molecule is CCNC(=NCC(C(C)C)N1CCCC1)NCCCOCc1ccco1.I. The molecular formula is C20H37IN4O2. The maximum atomic E-state index is 5.62. The molecule has 1 aliphatic rings. The number of furan rings is 1. The highest BCUT2D eigenvalue weighted by atomic mass is 127. The molecule has 0 aliphatic carbocycles. The van der Waals surface area contributed by atoms with Crippen LogP contribution in [0.25, 0.3) is 0 Å². The van der Waals surface area contributed by atoms with Crippen molar-refractivity contribution in [1.82, 2.24) is 15.5 Å². The summed E-state index contributed by atoms with van der Waals surface area (Å²) in [6.45, 7) is 12.9. The minimum Gasteiger partial charge on any atom is -0.467 e. The Hall–Kier alpha value is -0.800. The fourth-order valence-corrected chi connectivity index (χ4v) is 3.30. The number of hydrogen-bond acceptors (Lipinski definition) is 4. The first-order valence-electron chi connectivity index (χ1n) is 10.1. The molecule has 2 heterocycles. The number of guanidine groups is 1. The first kappa shape index (κ1) is 24.2. The summed E-state index contributed by atoms with van der Waals surface area (Å²) < 4.78 is 10.9. The minimum atomic E-state index is 0. The summed E-state index contributed by atoms with van der Waals surface area (Å²) in [6.07, 6.45) is 5.25. The molecule has 1 atom stereocenters. The van der Waals surface area contributed by atoms with Gasteiger partial charge in [0.2, 0.25) is 0 Å². The van der Waals surface area contributed by atoms with E-state index < -0.39 is 0 Å². The maximum Gasteiger partial charge on any atom is 0.191 e. The van der Waals surface area contributed by atoms with Crippen LogP contribution in [0.3, 0.4) is 0 Å². The lowest BCUT2D eigenvalue weighted by atomic mass is 10.0. The highest BCUT2D eigenvalue weighted by Gasteiger charge is 2.24. The van der Waals surface area contributed by atoms with Gasteiger partial charge >= 0.3 is 0 Å². The van der Waals surface area contributed by atoms with E-state index in [1.807, 2.05) is 12.1 Å². The van der Waals surface area contributed by atoms with E-state index in [4.69, 9.17) is 14.1 Å². The van der Waals surface area contributed by atoms with Gasteiger partial charge in [-0.3, -0.25) is 9.89 Å². The molecule has 0 radical (unpaired) electrons. The normalized spacial score (nSPS) is 16.4. The van der Waals surface area contributed by atoms with E-state index in [-0.39, 0.29) is 24.0 Å². The molecule has 7 heteroatoms. The van der Waals surface area contributed by atoms with Gasteiger partial charge in [0.15, 0.2) is 5.96 Å². The van der Waals surface area contributed by atoms with Gasteiger partial charge in [-0.25, -0.2) is 0 Å². The van der Waals surface area contributed by atoms with Crippen molar-refractivity contribution in [2.24, 2.45) is 10.9 Å². The van der Waals surface area contributed by atoms with Crippen LogP contribution < -0.4 is 10.6 Å². The second kappa shape index (κ2) is 14.2. The van der Waals surface area contributed by atoms with E-state index in [0.29, 0.717) is 25.2 Å².